The van der Waals surface area contributed by atoms with Gasteiger partial charge < -0.3 is 10.4 Å². The fourth-order valence-electron chi connectivity index (χ4n) is 1.17. The maximum atomic E-state index is 9.29. The predicted octanol–water partition coefficient (Wildman–Crippen LogP) is 3.23. The summed E-state index contributed by atoms with van der Waals surface area (Å²) >= 11 is 4.40. The van der Waals surface area contributed by atoms with Crippen LogP contribution < -0.4 is 5.32 Å². The molecule has 0 spiro atoms. The second-order valence-electron chi connectivity index (χ2n) is 2.96. The van der Waals surface area contributed by atoms with Crippen LogP contribution in [0.3, 0.4) is 0 Å². The number of hydrogen-bond donors (Lipinski definition) is 2. The van der Waals surface area contributed by atoms with Crippen molar-refractivity contribution in [2.24, 2.45) is 0 Å². The van der Waals surface area contributed by atoms with Gasteiger partial charge in [0, 0.05) is 10.2 Å². The van der Waals surface area contributed by atoms with Crippen LogP contribution in [0.2, 0.25) is 0 Å². The summed E-state index contributed by atoms with van der Waals surface area (Å²) in [5.74, 6) is -0.231. The van der Waals surface area contributed by atoms with Gasteiger partial charge in [-0.3, -0.25) is 0 Å². The summed E-state index contributed by atoms with van der Waals surface area (Å²) in [6.07, 6.45) is 0. The highest BCUT2D eigenvalue weighted by molar-refractivity contribution is 9.10. The van der Waals surface area contributed by atoms with E-state index in [0.29, 0.717) is 5.00 Å². The lowest BCUT2D eigenvalue weighted by atomic mass is 10.3. The zero-order valence-electron chi connectivity index (χ0n) is 7.94. The fraction of sp³-hybridized carbons (Fsp3) is 0. The summed E-state index contributed by atoms with van der Waals surface area (Å²) in [6.45, 7) is 0. The van der Waals surface area contributed by atoms with E-state index >= 15 is 0 Å². The van der Waals surface area contributed by atoms with E-state index in [-0.39, 0.29) is 11.4 Å². The fourth-order valence-corrected chi connectivity index (χ4v) is 2.23. The average Bonchev–Trinajstić information content (AvgIpc) is 2.59. The SMILES string of the molecule is N#Cc1c(O)nsc1Nc1cccc(Br)c1. The van der Waals surface area contributed by atoms with Crippen LogP contribution in [0.15, 0.2) is 28.7 Å². The Labute approximate surface area is 104 Å². The standard InChI is InChI=1S/C10H6BrN3OS/c11-6-2-1-3-7(4-6)13-10-8(5-12)9(15)14-16-10/h1-4,13H,(H,14,15). The molecule has 1 aromatic heterocycles. The van der Waals surface area contributed by atoms with Gasteiger partial charge in [-0.1, -0.05) is 22.0 Å². The van der Waals surface area contributed by atoms with Crippen LogP contribution in [0.5, 0.6) is 5.88 Å². The number of halogens is 1. The molecular weight excluding hydrogens is 290 g/mol. The van der Waals surface area contributed by atoms with Gasteiger partial charge in [0.25, 0.3) is 0 Å². The topological polar surface area (TPSA) is 68.9 Å². The third-order valence-corrected chi connectivity index (χ3v) is 3.11. The summed E-state index contributed by atoms with van der Waals surface area (Å²) in [4.78, 5) is 0. The molecule has 0 aliphatic carbocycles. The van der Waals surface area contributed by atoms with Gasteiger partial charge in [0.05, 0.1) is 0 Å². The molecule has 0 radical (unpaired) electrons. The van der Waals surface area contributed by atoms with Gasteiger partial charge in [-0.05, 0) is 29.7 Å². The zero-order valence-corrected chi connectivity index (χ0v) is 10.3. The maximum absolute atomic E-state index is 9.29. The molecule has 0 unspecified atom stereocenters. The minimum absolute atomic E-state index is 0.171. The van der Waals surface area contributed by atoms with Crippen LogP contribution >= 0.6 is 27.5 Å². The summed E-state index contributed by atoms with van der Waals surface area (Å²) in [6, 6.07) is 9.42. The lowest BCUT2D eigenvalue weighted by Gasteiger charge is -2.03. The van der Waals surface area contributed by atoms with E-state index in [1.165, 1.54) is 0 Å². The van der Waals surface area contributed by atoms with E-state index in [1.807, 2.05) is 30.3 Å². The predicted molar refractivity (Wildman–Crippen MR) is 65.9 cm³/mol. The van der Waals surface area contributed by atoms with Crippen molar-refractivity contribution in [2.45, 2.75) is 0 Å². The van der Waals surface area contributed by atoms with Gasteiger partial charge in [-0.25, -0.2) is 0 Å². The van der Waals surface area contributed by atoms with Crippen molar-refractivity contribution in [2.75, 3.05) is 5.32 Å². The molecule has 1 aromatic carbocycles. The number of nitrogens with zero attached hydrogens (tertiary/aromatic N) is 2. The largest absolute Gasteiger partial charge is 0.492 e. The molecule has 0 fully saturated rings. The van der Waals surface area contributed by atoms with Gasteiger partial charge in [0.1, 0.15) is 11.1 Å². The Morgan fingerprint density at radius 1 is 1.50 bits per heavy atom. The molecule has 4 nitrogen and oxygen atoms in total. The Kier molecular flexibility index (Phi) is 3.08. The summed E-state index contributed by atoms with van der Waals surface area (Å²) in [5, 5.41) is 21.7. The Morgan fingerprint density at radius 3 is 3.00 bits per heavy atom. The minimum atomic E-state index is -0.231. The number of benzene rings is 1. The highest BCUT2D eigenvalue weighted by Crippen LogP contribution is 2.31. The van der Waals surface area contributed by atoms with E-state index in [0.717, 1.165) is 21.7 Å². The first-order valence-corrected chi connectivity index (χ1v) is 5.88. The minimum Gasteiger partial charge on any atom is -0.492 e. The van der Waals surface area contributed by atoms with Crippen LogP contribution in [0.25, 0.3) is 0 Å². The van der Waals surface area contributed by atoms with Crippen molar-refractivity contribution in [3.05, 3.63) is 34.3 Å². The van der Waals surface area contributed by atoms with Crippen LogP contribution in [-0.2, 0) is 0 Å². The van der Waals surface area contributed by atoms with Crippen molar-refractivity contribution >= 4 is 38.2 Å². The van der Waals surface area contributed by atoms with E-state index in [4.69, 9.17) is 5.26 Å². The van der Waals surface area contributed by atoms with Crippen LogP contribution in [-0.4, -0.2) is 9.48 Å². The lowest BCUT2D eigenvalue weighted by molar-refractivity contribution is 0.458. The van der Waals surface area contributed by atoms with Crippen LogP contribution in [0.4, 0.5) is 10.7 Å². The lowest BCUT2D eigenvalue weighted by Crippen LogP contribution is -1.89. The molecule has 0 saturated carbocycles. The number of nitrogens with one attached hydrogen (secondary N) is 1. The second kappa shape index (κ2) is 4.51. The maximum Gasteiger partial charge on any atom is 0.243 e. The van der Waals surface area contributed by atoms with Crippen LogP contribution in [0, 0.1) is 11.3 Å². The zero-order chi connectivity index (χ0) is 11.5. The van der Waals surface area contributed by atoms with Gasteiger partial charge in [-0.15, -0.1) is 0 Å². The Morgan fingerprint density at radius 2 is 2.31 bits per heavy atom. The molecule has 2 aromatic rings. The molecular formula is C10H6BrN3OS. The first-order valence-electron chi connectivity index (χ1n) is 4.32. The van der Waals surface area contributed by atoms with Gasteiger partial charge >= 0.3 is 0 Å². The molecule has 0 aliphatic rings. The van der Waals surface area contributed by atoms with Gasteiger partial charge in [0.2, 0.25) is 5.88 Å². The molecule has 0 saturated heterocycles. The third kappa shape index (κ3) is 2.15. The summed E-state index contributed by atoms with van der Waals surface area (Å²) in [7, 11) is 0. The Hall–Kier alpha value is -1.58. The Bertz CT molecular complexity index is 561. The highest BCUT2D eigenvalue weighted by atomic mass is 79.9. The molecule has 2 N–H and O–H groups in total. The number of hydrogen-bond acceptors (Lipinski definition) is 5. The third-order valence-electron chi connectivity index (χ3n) is 1.87. The molecule has 1 heterocycles. The number of aromatic hydroxyl groups is 1. The first kappa shape index (κ1) is 10.9. The molecule has 0 aliphatic heterocycles. The second-order valence-corrected chi connectivity index (χ2v) is 4.65. The molecule has 2 rings (SSSR count). The van der Waals surface area contributed by atoms with E-state index < -0.39 is 0 Å². The first-order chi connectivity index (χ1) is 7.70. The van der Waals surface area contributed by atoms with E-state index in [2.05, 4.69) is 25.6 Å². The molecule has 0 amide bonds. The van der Waals surface area contributed by atoms with E-state index in [9.17, 15) is 5.11 Å². The number of rotatable bonds is 2. The average molecular weight is 296 g/mol. The normalized spacial score (nSPS) is 9.75. The molecule has 0 atom stereocenters. The van der Waals surface area contributed by atoms with Crippen molar-refractivity contribution in [3.8, 4) is 11.9 Å². The van der Waals surface area contributed by atoms with Crippen molar-refractivity contribution in [1.82, 2.24) is 4.37 Å². The molecule has 0 bridgehead atoms. The number of aromatic nitrogens is 1. The van der Waals surface area contributed by atoms with Crippen molar-refractivity contribution in [1.29, 1.82) is 5.26 Å². The van der Waals surface area contributed by atoms with Crippen molar-refractivity contribution in [3.63, 3.8) is 0 Å². The monoisotopic (exact) mass is 295 g/mol. The summed E-state index contributed by atoms with van der Waals surface area (Å²) < 4.78 is 4.64. The molecule has 80 valence electrons. The number of anilines is 2. The molecule has 6 heteroatoms. The van der Waals surface area contributed by atoms with Gasteiger partial charge in [-0.2, -0.15) is 9.64 Å². The Balaban J connectivity index is 2.31. The summed E-state index contributed by atoms with van der Waals surface area (Å²) in [5.41, 5.74) is 1.000. The number of nitriles is 1. The smallest absolute Gasteiger partial charge is 0.243 e. The quantitative estimate of drug-likeness (QED) is 0.892. The van der Waals surface area contributed by atoms with Crippen LogP contribution in [0.1, 0.15) is 5.56 Å². The van der Waals surface area contributed by atoms with Crippen molar-refractivity contribution < 1.29 is 5.11 Å². The van der Waals surface area contributed by atoms with E-state index in [1.54, 1.807) is 0 Å². The highest BCUT2D eigenvalue weighted by Gasteiger charge is 2.12. The van der Waals surface area contributed by atoms with Gasteiger partial charge in [0.15, 0.2) is 5.56 Å². The molecule has 16 heavy (non-hydrogen) atoms.